The molecule has 0 aromatic heterocycles. The number of phosphoric ester groups is 2. The molecule has 0 fully saturated rings. The Hall–Kier alpha value is -1.94. The first-order valence-corrected chi connectivity index (χ1v) is 37.2. The van der Waals surface area contributed by atoms with Crippen molar-refractivity contribution >= 4 is 39.5 Å². The Labute approximate surface area is 517 Å². The van der Waals surface area contributed by atoms with Crippen molar-refractivity contribution in [2.45, 2.75) is 337 Å². The minimum Gasteiger partial charge on any atom is -0.462 e. The predicted molar refractivity (Wildman–Crippen MR) is 340 cm³/mol. The second kappa shape index (κ2) is 56.1. The van der Waals surface area contributed by atoms with E-state index in [0.29, 0.717) is 31.6 Å². The molecule has 0 radical (unpaired) electrons. The summed E-state index contributed by atoms with van der Waals surface area (Å²) in [6.07, 6.45) is 36.4. The molecule has 0 aliphatic carbocycles. The fraction of sp³-hybridized carbons (Fsp3) is 0.939. The summed E-state index contributed by atoms with van der Waals surface area (Å²) in [5.74, 6) is 0.751. The van der Waals surface area contributed by atoms with Gasteiger partial charge >= 0.3 is 39.5 Å². The highest BCUT2D eigenvalue weighted by Crippen LogP contribution is 2.45. The van der Waals surface area contributed by atoms with E-state index in [1.165, 1.54) is 122 Å². The first-order chi connectivity index (χ1) is 40.6. The van der Waals surface area contributed by atoms with E-state index in [-0.39, 0.29) is 25.7 Å². The lowest BCUT2D eigenvalue weighted by atomic mass is 10.0. The molecule has 0 aliphatic heterocycles. The van der Waals surface area contributed by atoms with Gasteiger partial charge < -0.3 is 33.8 Å². The Morgan fingerprint density at radius 3 is 0.729 bits per heavy atom. The predicted octanol–water partition coefficient (Wildman–Crippen LogP) is 18.1. The molecule has 0 saturated heterocycles. The molecule has 0 aliphatic rings. The molecular formula is C66H128O17P2. The zero-order valence-corrected chi connectivity index (χ0v) is 57.0. The molecule has 0 saturated carbocycles. The normalized spacial score (nSPS) is 14.4. The van der Waals surface area contributed by atoms with Gasteiger partial charge in [-0.3, -0.25) is 37.3 Å². The quantitative estimate of drug-likeness (QED) is 0.0222. The summed E-state index contributed by atoms with van der Waals surface area (Å²) in [7, 11) is -9.89. The summed E-state index contributed by atoms with van der Waals surface area (Å²) >= 11 is 0. The van der Waals surface area contributed by atoms with Crippen LogP contribution in [0.3, 0.4) is 0 Å². The summed E-state index contributed by atoms with van der Waals surface area (Å²) in [5.41, 5.74) is 0. The average molecular weight is 1260 g/mol. The largest absolute Gasteiger partial charge is 0.472 e. The van der Waals surface area contributed by atoms with Gasteiger partial charge in [-0.15, -0.1) is 0 Å². The van der Waals surface area contributed by atoms with Crippen molar-refractivity contribution in [2.75, 3.05) is 39.6 Å². The number of hydrogen-bond donors (Lipinski definition) is 3. The van der Waals surface area contributed by atoms with E-state index in [9.17, 15) is 43.2 Å². The molecule has 0 heterocycles. The Morgan fingerprint density at radius 1 is 0.294 bits per heavy atom. The average Bonchev–Trinajstić information content (AvgIpc) is 3.48. The minimum atomic E-state index is -4.95. The third kappa shape index (κ3) is 60.7. The molecule has 19 heteroatoms. The van der Waals surface area contributed by atoms with Crippen LogP contribution >= 0.6 is 15.6 Å². The van der Waals surface area contributed by atoms with Crippen LogP contribution < -0.4 is 0 Å². The number of carbonyl (C=O) groups is 4. The van der Waals surface area contributed by atoms with Crippen molar-refractivity contribution in [1.82, 2.24) is 0 Å². The highest BCUT2D eigenvalue weighted by Gasteiger charge is 2.30. The number of hydrogen-bond acceptors (Lipinski definition) is 15. The number of unbranched alkanes of at least 4 members (excludes halogenated alkanes) is 29. The third-order valence-electron chi connectivity index (χ3n) is 15.1. The second-order valence-electron chi connectivity index (χ2n) is 25.8. The zero-order chi connectivity index (χ0) is 63.2. The van der Waals surface area contributed by atoms with Crippen LogP contribution in [-0.2, 0) is 65.4 Å². The van der Waals surface area contributed by atoms with Gasteiger partial charge in [0, 0.05) is 25.7 Å². The molecule has 504 valence electrons. The van der Waals surface area contributed by atoms with E-state index >= 15 is 0 Å². The Morgan fingerprint density at radius 2 is 0.494 bits per heavy atom. The van der Waals surface area contributed by atoms with Gasteiger partial charge in [0.05, 0.1) is 26.4 Å². The first-order valence-electron chi connectivity index (χ1n) is 34.2. The summed E-state index contributed by atoms with van der Waals surface area (Å²) in [5, 5.41) is 10.5. The standard InChI is InChI=1S/C66H128O17P2/c1-56(2)42-34-26-18-12-9-10-14-21-30-38-46-63(68)76-53-62(83-66(71)49-41-33-25-24-29-37-45-59(7)8)55-81-85(74,75)79-51-60(67)50-78-84(72,73)80-54-61(52-77-64(69)47-39-31-22-17-16-20-28-36-44-58(5)6)82-65(70)48-40-32-23-15-11-13-19-27-35-43-57(3)4/h56-62,67H,9-55H2,1-8H3,(H,72,73)(H,74,75)/t60?,61-,62-/m1/s1. The molecular weight excluding hydrogens is 1130 g/mol. The van der Waals surface area contributed by atoms with Crippen molar-refractivity contribution in [1.29, 1.82) is 0 Å². The van der Waals surface area contributed by atoms with E-state index in [4.69, 9.17) is 37.0 Å². The number of esters is 4. The summed E-state index contributed by atoms with van der Waals surface area (Å²) in [6, 6.07) is 0. The van der Waals surface area contributed by atoms with Gasteiger partial charge in [0.25, 0.3) is 0 Å². The summed E-state index contributed by atoms with van der Waals surface area (Å²) in [6.45, 7) is 14.0. The topological polar surface area (TPSA) is 237 Å². The molecule has 5 atom stereocenters. The fourth-order valence-corrected chi connectivity index (χ4v) is 11.4. The van der Waals surface area contributed by atoms with Crippen LogP contribution in [0.5, 0.6) is 0 Å². The van der Waals surface area contributed by atoms with Gasteiger partial charge in [-0.2, -0.15) is 0 Å². The number of rotatable bonds is 63. The first kappa shape index (κ1) is 83.1. The number of carbonyl (C=O) groups excluding carboxylic acids is 4. The van der Waals surface area contributed by atoms with Crippen LogP contribution in [0.25, 0.3) is 0 Å². The van der Waals surface area contributed by atoms with Gasteiger partial charge in [-0.1, -0.05) is 267 Å². The van der Waals surface area contributed by atoms with E-state index < -0.39 is 97.5 Å². The molecule has 3 N–H and O–H groups in total. The monoisotopic (exact) mass is 1250 g/mol. The molecule has 0 rings (SSSR count). The van der Waals surface area contributed by atoms with Crippen LogP contribution in [0.15, 0.2) is 0 Å². The fourth-order valence-electron chi connectivity index (χ4n) is 9.78. The summed E-state index contributed by atoms with van der Waals surface area (Å²) < 4.78 is 68.1. The van der Waals surface area contributed by atoms with Crippen molar-refractivity contribution in [3.05, 3.63) is 0 Å². The summed E-state index contributed by atoms with van der Waals surface area (Å²) in [4.78, 5) is 72.3. The second-order valence-corrected chi connectivity index (χ2v) is 28.7. The maximum absolute atomic E-state index is 13.0. The van der Waals surface area contributed by atoms with Crippen LogP contribution in [0.4, 0.5) is 0 Å². The number of aliphatic hydroxyl groups excluding tert-OH is 1. The van der Waals surface area contributed by atoms with Crippen LogP contribution in [0.1, 0.15) is 319 Å². The molecule has 0 amide bonds. The van der Waals surface area contributed by atoms with Crippen LogP contribution in [0, 0.1) is 23.7 Å². The van der Waals surface area contributed by atoms with E-state index in [2.05, 4.69) is 55.4 Å². The maximum Gasteiger partial charge on any atom is 0.472 e. The van der Waals surface area contributed by atoms with Crippen molar-refractivity contribution < 1.29 is 80.2 Å². The van der Waals surface area contributed by atoms with Gasteiger partial charge in [0.15, 0.2) is 12.2 Å². The van der Waals surface area contributed by atoms with Crippen molar-refractivity contribution in [3.8, 4) is 0 Å². The number of phosphoric acid groups is 2. The lowest BCUT2D eigenvalue weighted by Crippen LogP contribution is -2.30. The van der Waals surface area contributed by atoms with Gasteiger partial charge in [0.2, 0.25) is 0 Å². The molecule has 3 unspecified atom stereocenters. The number of ether oxygens (including phenoxy) is 4. The minimum absolute atomic E-state index is 0.101. The van der Waals surface area contributed by atoms with E-state index in [1.54, 1.807) is 0 Å². The highest BCUT2D eigenvalue weighted by atomic mass is 31.2. The smallest absolute Gasteiger partial charge is 0.462 e. The highest BCUT2D eigenvalue weighted by molar-refractivity contribution is 7.47. The van der Waals surface area contributed by atoms with E-state index in [1.807, 2.05) is 0 Å². The Kier molecular flexibility index (Phi) is 54.8. The number of aliphatic hydroxyl groups is 1. The lowest BCUT2D eigenvalue weighted by Gasteiger charge is -2.21. The van der Waals surface area contributed by atoms with Crippen LogP contribution in [0.2, 0.25) is 0 Å². The maximum atomic E-state index is 13.0. The molecule has 85 heavy (non-hydrogen) atoms. The molecule has 0 spiro atoms. The van der Waals surface area contributed by atoms with Gasteiger partial charge in [0.1, 0.15) is 19.3 Å². The van der Waals surface area contributed by atoms with Gasteiger partial charge in [-0.25, -0.2) is 9.13 Å². The SMILES string of the molecule is CC(C)CCCCCCCCCCCCC(=O)OC[C@H](COP(=O)(O)OCC(O)COP(=O)(O)OC[C@@H](COC(=O)CCCCCCCCCCC(C)C)OC(=O)CCCCCCCCCCCC(C)C)OC(=O)CCCCCCCCC(C)C. The van der Waals surface area contributed by atoms with Crippen LogP contribution in [-0.4, -0.2) is 96.7 Å². The van der Waals surface area contributed by atoms with Gasteiger partial charge in [-0.05, 0) is 49.4 Å². The molecule has 17 nitrogen and oxygen atoms in total. The van der Waals surface area contributed by atoms with Crippen molar-refractivity contribution in [3.63, 3.8) is 0 Å². The zero-order valence-electron chi connectivity index (χ0n) is 55.2. The van der Waals surface area contributed by atoms with Crippen molar-refractivity contribution in [2.24, 2.45) is 23.7 Å². The van der Waals surface area contributed by atoms with E-state index in [0.717, 1.165) is 108 Å². The molecule has 0 bridgehead atoms. The Balaban J connectivity index is 5.24. The molecule has 0 aromatic carbocycles. The lowest BCUT2D eigenvalue weighted by molar-refractivity contribution is -0.161. The Bertz CT molecular complexity index is 1700. The molecule has 0 aromatic rings. The third-order valence-corrected chi connectivity index (χ3v) is 17.0.